The molecule has 2 aliphatic heterocycles. The predicted octanol–water partition coefficient (Wildman–Crippen LogP) is -1.38. The van der Waals surface area contributed by atoms with Crippen LogP contribution in [-0.4, -0.2) is 23.4 Å². The molecule has 0 unspecified atom stereocenters. The predicted molar refractivity (Wildman–Crippen MR) is 71.6 cm³/mol. The summed E-state index contributed by atoms with van der Waals surface area (Å²) in [5.41, 5.74) is 1.51. The number of H-pyrrole nitrogens is 1. The van der Waals surface area contributed by atoms with Crippen LogP contribution in [0.5, 0.6) is 5.88 Å². The van der Waals surface area contributed by atoms with E-state index in [2.05, 4.69) is 20.9 Å². The summed E-state index contributed by atoms with van der Waals surface area (Å²) in [6.45, 7) is 3.29. The molecule has 0 aliphatic carbocycles. The summed E-state index contributed by atoms with van der Waals surface area (Å²) >= 11 is 0. The Morgan fingerprint density at radius 1 is 1.24 bits per heavy atom. The third-order valence-electron chi connectivity index (χ3n) is 3.48. The second-order valence-electron chi connectivity index (χ2n) is 4.78. The lowest BCUT2D eigenvalue weighted by Crippen LogP contribution is -2.84. The molecule has 4 rings (SSSR count). The first-order chi connectivity index (χ1) is 9.75. The van der Waals surface area contributed by atoms with E-state index in [1.807, 2.05) is 0 Å². The van der Waals surface area contributed by atoms with E-state index in [9.17, 15) is 9.90 Å². The van der Waals surface area contributed by atoms with Crippen LogP contribution in [0.4, 0.5) is 0 Å². The molecule has 0 fully saturated rings. The number of aromatic amines is 1. The van der Waals surface area contributed by atoms with Crippen LogP contribution in [0.1, 0.15) is 30.1 Å². The molecule has 0 saturated heterocycles. The Labute approximate surface area is 121 Å². The van der Waals surface area contributed by atoms with Gasteiger partial charge < -0.3 is 24.8 Å². The zero-order valence-electron chi connectivity index (χ0n) is 10.9. The van der Waals surface area contributed by atoms with Crippen LogP contribution in [0.15, 0.2) is 13.8 Å². The average molecular weight is 296 g/mol. The van der Waals surface area contributed by atoms with Gasteiger partial charge in [0.1, 0.15) is 6.54 Å². The van der Waals surface area contributed by atoms with Gasteiger partial charge >= 0.3 is 0 Å². The molecule has 8 heteroatoms. The quantitative estimate of drug-likeness (QED) is 0.550. The highest BCUT2D eigenvalue weighted by Gasteiger charge is 2.16. The highest BCUT2D eigenvalue weighted by molar-refractivity contribution is 5.26. The van der Waals surface area contributed by atoms with Gasteiger partial charge in [-0.25, -0.2) is 0 Å². The average Bonchev–Trinajstić information content (AvgIpc) is 3.05. The topological polar surface area (TPSA) is 124 Å². The number of fused-ring (bicyclic) bond motifs is 2. The van der Waals surface area contributed by atoms with Crippen molar-refractivity contribution in [2.45, 2.75) is 33.4 Å². The second-order valence-corrected chi connectivity index (χ2v) is 4.78. The van der Waals surface area contributed by atoms with Crippen molar-refractivity contribution in [3.8, 4) is 5.88 Å². The number of hydrogen-bond donors (Lipinski definition) is 3. The number of nitrogens with one attached hydrogen (secondary N) is 2. The van der Waals surface area contributed by atoms with E-state index < -0.39 is 0 Å². The molecular weight excluding hydrogens is 276 g/mol. The van der Waals surface area contributed by atoms with Crippen molar-refractivity contribution >= 4 is 0 Å². The molecule has 8 nitrogen and oxygen atoms in total. The first-order valence-electron chi connectivity index (χ1n) is 6.61. The minimum absolute atomic E-state index is 0. The molecule has 2 aromatic heterocycles. The van der Waals surface area contributed by atoms with Crippen molar-refractivity contribution in [1.82, 2.24) is 15.6 Å². The van der Waals surface area contributed by atoms with E-state index in [-0.39, 0.29) is 18.9 Å². The van der Waals surface area contributed by atoms with Crippen LogP contribution in [0.25, 0.3) is 0 Å². The Balaban J connectivity index is 0.000000147. The first kappa shape index (κ1) is 15.3. The first-order valence-corrected chi connectivity index (χ1v) is 6.61. The van der Waals surface area contributed by atoms with Gasteiger partial charge in [0, 0.05) is 17.9 Å². The lowest BCUT2D eigenvalue weighted by Gasteiger charge is -2.09. The van der Waals surface area contributed by atoms with Gasteiger partial charge in [-0.15, -0.1) is 0 Å². The van der Waals surface area contributed by atoms with Gasteiger partial charge in [0.05, 0.1) is 18.7 Å². The largest absolute Gasteiger partial charge is 0.856 e. The maximum atomic E-state index is 10.9. The molecule has 2 aromatic rings. The third-order valence-corrected chi connectivity index (χ3v) is 3.48. The molecular formula is C13H20N4O4. The molecule has 0 amide bonds. The number of rotatable bonds is 0. The number of aromatic nitrogens is 2. The van der Waals surface area contributed by atoms with Crippen molar-refractivity contribution in [3.05, 3.63) is 33.0 Å². The maximum Gasteiger partial charge on any atom is 0.283 e. The Kier molecular flexibility index (Phi) is 4.81. The second kappa shape index (κ2) is 6.59. The summed E-state index contributed by atoms with van der Waals surface area (Å²) in [7, 11) is 0. The summed E-state index contributed by atoms with van der Waals surface area (Å²) < 4.78 is 9.68. The van der Waals surface area contributed by atoms with Crippen LogP contribution >= 0.6 is 0 Å². The number of quaternary nitrogens is 1. The fourth-order valence-corrected chi connectivity index (χ4v) is 2.38. The van der Waals surface area contributed by atoms with Crippen LogP contribution < -0.4 is 21.3 Å². The lowest BCUT2D eigenvalue weighted by molar-refractivity contribution is -0.675. The standard InChI is InChI=1S/2C6H8N2O2.CH4/c2*9-6-4-1-2-7-3-5(4)10-8-6;/h2*7H,1-3H2,(H,8,9);1H4. The van der Waals surface area contributed by atoms with Crippen molar-refractivity contribution < 1.29 is 19.5 Å². The lowest BCUT2D eigenvalue weighted by atomic mass is 10.1. The molecule has 0 aromatic carbocycles. The summed E-state index contributed by atoms with van der Waals surface area (Å²) in [6, 6.07) is 0. The van der Waals surface area contributed by atoms with Crippen LogP contribution in [-0.2, 0) is 25.9 Å². The smallest absolute Gasteiger partial charge is 0.283 e. The normalized spacial score (nSPS) is 16.0. The highest BCUT2D eigenvalue weighted by atomic mass is 16.5. The van der Waals surface area contributed by atoms with E-state index in [1.54, 1.807) is 0 Å². The van der Waals surface area contributed by atoms with Gasteiger partial charge in [-0.1, -0.05) is 12.6 Å². The van der Waals surface area contributed by atoms with E-state index in [0.29, 0.717) is 6.54 Å². The van der Waals surface area contributed by atoms with Crippen LogP contribution in [0, 0.1) is 0 Å². The van der Waals surface area contributed by atoms with Gasteiger partial charge in [0.25, 0.3) is 5.56 Å². The molecule has 0 saturated carbocycles. The minimum Gasteiger partial charge on any atom is -0.856 e. The van der Waals surface area contributed by atoms with Gasteiger partial charge in [0.2, 0.25) is 0 Å². The Hall–Kier alpha value is -2.06. The highest BCUT2D eigenvalue weighted by Crippen LogP contribution is 2.17. The summed E-state index contributed by atoms with van der Waals surface area (Å²) in [6.07, 6.45) is 1.58. The molecule has 2 aliphatic rings. The van der Waals surface area contributed by atoms with E-state index in [4.69, 9.17) is 9.05 Å². The van der Waals surface area contributed by atoms with Crippen LogP contribution in [0.2, 0.25) is 0 Å². The maximum absolute atomic E-state index is 10.9. The molecule has 4 heterocycles. The molecule has 116 valence electrons. The number of nitrogens with two attached hydrogens (primary N) is 1. The molecule has 0 atom stereocenters. The van der Waals surface area contributed by atoms with E-state index >= 15 is 0 Å². The fourth-order valence-electron chi connectivity index (χ4n) is 2.38. The van der Waals surface area contributed by atoms with Crippen molar-refractivity contribution in [2.24, 2.45) is 0 Å². The molecule has 0 radical (unpaired) electrons. The Morgan fingerprint density at radius 2 is 2.10 bits per heavy atom. The third kappa shape index (κ3) is 3.17. The van der Waals surface area contributed by atoms with Crippen molar-refractivity contribution in [3.63, 3.8) is 0 Å². The van der Waals surface area contributed by atoms with Crippen molar-refractivity contribution in [2.75, 3.05) is 13.1 Å². The molecule has 0 spiro atoms. The zero-order valence-corrected chi connectivity index (χ0v) is 10.9. The molecule has 4 N–H and O–H groups in total. The van der Waals surface area contributed by atoms with Crippen molar-refractivity contribution in [1.29, 1.82) is 0 Å². The van der Waals surface area contributed by atoms with Gasteiger partial charge in [-0.3, -0.25) is 4.79 Å². The monoisotopic (exact) mass is 296 g/mol. The fraction of sp³-hybridized carbons (Fsp3) is 0.538. The molecule has 21 heavy (non-hydrogen) atoms. The summed E-state index contributed by atoms with van der Waals surface area (Å²) in [4.78, 5) is 10.9. The summed E-state index contributed by atoms with van der Waals surface area (Å²) in [5.74, 6) is 1.34. The molecule has 0 bridgehead atoms. The Bertz CT molecular complexity index is 643. The summed E-state index contributed by atoms with van der Waals surface area (Å²) in [5, 5.41) is 21.7. The minimum atomic E-state index is -0.178. The van der Waals surface area contributed by atoms with Gasteiger partial charge in [-0.2, -0.15) is 5.16 Å². The SMILES string of the molecule is C.O=c1[nH]oc2c1CCNC2.[O-]c1noc2c1CC[NH2+]C2. The van der Waals surface area contributed by atoms with Crippen LogP contribution in [0.3, 0.4) is 0 Å². The van der Waals surface area contributed by atoms with E-state index in [1.165, 1.54) is 0 Å². The zero-order chi connectivity index (χ0) is 13.9. The number of nitrogens with zero attached hydrogens (tertiary/aromatic N) is 1. The van der Waals surface area contributed by atoms with Gasteiger partial charge in [-0.05, 0) is 13.0 Å². The number of hydrogen-bond acceptors (Lipinski definition) is 6. The Morgan fingerprint density at radius 3 is 2.86 bits per heavy atom. The van der Waals surface area contributed by atoms with Gasteiger partial charge in [0.15, 0.2) is 11.5 Å². The van der Waals surface area contributed by atoms with E-state index in [0.717, 1.165) is 55.1 Å².